The Balaban J connectivity index is 1.93. The number of benzene rings is 2. The van der Waals surface area contributed by atoms with Gasteiger partial charge in [0.2, 0.25) is 5.91 Å². The van der Waals surface area contributed by atoms with Gasteiger partial charge in [0.25, 0.3) is 0 Å². The standard InChI is InChI=1S/C20H24FIN2O2/c1-13(2)19(20(23)25)24-10-9-15-11-17(7-8-18(15)22)26-12-14-3-5-16(21)6-4-14/h3-8,11,13,19,24H,9-10,12H2,1-2H3,(H2,23,25)/t19-/m0/s1. The summed E-state index contributed by atoms with van der Waals surface area (Å²) in [4.78, 5) is 11.5. The van der Waals surface area contributed by atoms with Crippen molar-refractivity contribution in [3.63, 3.8) is 0 Å². The number of hydrogen-bond donors (Lipinski definition) is 2. The van der Waals surface area contributed by atoms with E-state index < -0.39 is 0 Å². The van der Waals surface area contributed by atoms with Crippen molar-refractivity contribution >= 4 is 28.5 Å². The third-order valence-corrected chi connectivity index (χ3v) is 5.12. The second kappa shape index (κ2) is 9.87. The number of hydrogen-bond acceptors (Lipinski definition) is 3. The van der Waals surface area contributed by atoms with E-state index in [1.807, 2.05) is 32.0 Å². The Morgan fingerprint density at radius 3 is 2.54 bits per heavy atom. The molecule has 2 rings (SSSR count). The van der Waals surface area contributed by atoms with Crippen LogP contribution in [0, 0.1) is 15.3 Å². The predicted molar refractivity (Wildman–Crippen MR) is 109 cm³/mol. The van der Waals surface area contributed by atoms with E-state index in [9.17, 15) is 9.18 Å². The van der Waals surface area contributed by atoms with Crippen LogP contribution < -0.4 is 15.8 Å². The summed E-state index contributed by atoms with van der Waals surface area (Å²) in [5.74, 6) is 0.330. The lowest BCUT2D eigenvalue weighted by Gasteiger charge is -2.19. The lowest BCUT2D eigenvalue weighted by molar-refractivity contribution is -0.120. The Morgan fingerprint density at radius 1 is 1.23 bits per heavy atom. The highest BCUT2D eigenvalue weighted by Gasteiger charge is 2.18. The van der Waals surface area contributed by atoms with Crippen molar-refractivity contribution in [3.05, 3.63) is 63.0 Å². The van der Waals surface area contributed by atoms with Crippen molar-refractivity contribution < 1.29 is 13.9 Å². The van der Waals surface area contributed by atoms with E-state index in [0.717, 1.165) is 26.9 Å². The van der Waals surface area contributed by atoms with E-state index in [4.69, 9.17) is 10.5 Å². The highest BCUT2D eigenvalue weighted by atomic mass is 127. The molecule has 2 aromatic carbocycles. The first kappa shape index (κ1) is 20.6. The summed E-state index contributed by atoms with van der Waals surface area (Å²) >= 11 is 2.29. The first-order chi connectivity index (χ1) is 12.4. The first-order valence-corrected chi connectivity index (χ1v) is 9.63. The number of nitrogens with one attached hydrogen (secondary N) is 1. The summed E-state index contributed by atoms with van der Waals surface area (Å²) in [6.45, 7) is 4.98. The number of ether oxygens (including phenoxy) is 1. The third kappa shape index (κ3) is 6.25. The number of rotatable bonds is 9. The second-order valence-corrected chi connectivity index (χ2v) is 7.66. The fourth-order valence-corrected chi connectivity index (χ4v) is 3.21. The molecule has 6 heteroatoms. The minimum absolute atomic E-state index is 0.150. The zero-order valence-electron chi connectivity index (χ0n) is 15.0. The molecule has 140 valence electrons. The van der Waals surface area contributed by atoms with Gasteiger partial charge in [0.05, 0.1) is 6.04 Å². The van der Waals surface area contributed by atoms with Crippen LogP contribution in [-0.2, 0) is 17.8 Å². The molecular formula is C20H24FIN2O2. The van der Waals surface area contributed by atoms with Crippen molar-refractivity contribution in [2.45, 2.75) is 32.9 Å². The maximum absolute atomic E-state index is 12.9. The van der Waals surface area contributed by atoms with E-state index in [-0.39, 0.29) is 23.7 Å². The normalized spacial score (nSPS) is 12.2. The second-order valence-electron chi connectivity index (χ2n) is 6.50. The SMILES string of the molecule is CC(C)[C@H](NCCc1cc(OCc2ccc(F)cc2)ccc1I)C(N)=O. The van der Waals surface area contributed by atoms with Gasteiger partial charge in [-0.3, -0.25) is 4.79 Å². The van der Waals surface area contributed by atoms with Crippen molar-refractivity contribution in [1.29, 1.82) is 0 Å². The Bertz CT molecular complexity index is 735. The molecule has 3 N–H and O–H groups in total. The molecule has 0 aromatic heterocycles. The summed E-state index contributed by atoms with van der Waals surface area (Å²) in [5.41, 5.74) is 7.48. The van der Waals surface area contributed by atoms with Gasteiger partial charge in [0.15, 0.2) is 0 Å². The number of halogens is 2. The van der Waals surface area contributed by atoms with Crippen LogP contribution in [0.15, 0.2) is 42.5 Å². The van der Waals surface area contributed by atoms with Gasteiger partial charge in [0, 0.05) is 3.57 Å². The van der Waals surface area contributed by atoms with E-state index in [0.29, 0.717) is 13.2 Å². The number of carbonyl (C=O) groups excluding carboxylic acids is 1. The fourth-order valence-electron chi connectivity index (χ4n) is 2.61. The Kier molecular flexibility index (Phi) is 7.84. The molecule has 0 aliphatic carbocycles. The topological polar surface area (TPSA) is 64.3 Å². The molecule has 1 atom stereocenters. The monoisotopic (exact) mass is 470 g/mol. The Hall–Kier alpha value is -1.67. The summed E-state index contributed by atoms with van der Waals surface area (Å²) < 4.78 is 19.9. The molecule has 0 heterocycles. The van der Waals surface area contributed by atoms with Crippen LogP contribution in [0.1, 0.15) is 25.0 Å². The van der Waals surface area contributed by atoms with Crippen LogP contribution in [0.25, 0.3) is 0 Å². The molecule has 2 aromatic rings. The van der Waals surface area contributed by atoms with Crippen LogP contribution in [-0.4, -0.2) is 18.5 Å². The molecule has 0 aliphatic heterocycles. The molecule has 0 aliphatic rings. The molecule has 4 nitrogen and oxygen atoms in total. The highest BCUT2D eigenvalue weighted by Crippen LogP contribution is 2.21. The number of amides is 1. The van der Waals surface area contributed by atoms with Crippen molar-refractivity contribution in [2.24, 2.45) is 11.7 Å². The van der Waals surface area contributed by atoms with E-state index in [2.05, 4.69) is 27.9 Å². The summed E-state index contributed by atoms with van der Waals surface area (Å²) in [6.07, 6.45) is 0.766. The van der Waals surface area contributed by atoms with Gasteiger partial charge >= 0.3 is 0 Å². The molecule has 0 bridgehead atoms. The maximum atomic E-state index is 12.9. The fraction of sp³-hybridized carbons (Fsp3) is 0.350. The minimum atomic E-state index is -0.328. The zero-order chi connectivity index (χ0) is 19.1. The average molecular weight is 470 g/mol. The Morgan fingerprint density at radius 2 is 1.92 bits per heavy atom. The lowest BCUT2D eigenvalue weighted by atomic mass is 10.0. The molecule has 0 saturated heterocycles. The molecule has 0 saturated carbocycles. The zero-order valence-corrected chi connectivity index (χ0v) is 17.1. The van der Waals surface area contributed by atoms with Gasteiger partial charge in [-0.15, -0.1) is 0 Å². The van der Waals surface area contributed by atoms with Gasteiger partial charge < -0.3 is 15.8 Å². The summed E-state index contributed by atoms with van der Waals surface area (Å²) in [6, 6.07) is 11.9. The van der Waals surface area contributed by atoms with Crippen LogP contribution in [0.2, 0.25) is 0 Å². The van der Waals surface area contributed by atoms with Crippen LogP contribution in [0.4, 0.5) is 4.39 Å². The van der Waals surface area contributed by atoms with Gasteiger partial charge in [-0.2, -0.15) is 0 Å². The van der Waals surface area contributed by atoms with E-state index in [1.54, 1.807) is 12.1 Å². The van der Waals surface area contributed by atoms with Gasteiger partial charge in [0.1, 0.15) is 18.2 Å². The third-order valence-electron chi connectivity index (χ3n) is 4.07. The Labute approximate surface area is 167 Å². The van der Waals surface area contributed by atoms with Gasteiger partial charge in [-0.05, 0) is 82.9 Å². The van der Waals surface area contributed by atoms with Crippen LogP contribution >= 0.6 is 22.6 Å². The van der Waals surface area contributed by atoms with E-state index >= 15 is 0 Å². The van der Waals surface area contributed by atoms with E-state index in [1.165, 1.54) is 12.1 Å². The molecular weight excluding hydrogens is 446 g/mol. The number of primary amides is 1. The van der Waals surface area contributed by atoms with Crippen molar-refractivity contribution in [3.8, 4) is 5.75 Å². The predicted octanol–water partition coefficient (Wildman–Crippen LogP) is 3.65. The molecule has 1 amide bonds. The van der Waals surface area contributed by atoms with Crippen LogP contribution in [0.3, 0.4) is 0 Å². The van der Waals surface area contributed by atoms with Crippen LogP contribution in [0.5, 0.6) is 5.75 Å². The van der Waals surface area contributed by atoms with Crippen molar-refractivity contribution in [2.75, 3.05) is 6.54 Å². The van der Waals surface area contributed by atoms with Gasteiger partial charge in [-0.1, -0.05) is 26.0 Å². The summed E-state index contributed by atoms with van der Waals surface area (Å²) in [5, 5.41) is 3.22. The van der Waals surface area contributed by atoms with Gasteiger partial charge in [-0.25, -0.2) is 4.39 Å². The highest BCUT2D eigenvalue weighted by molar-refractivity contribution is 14.1. The summed E-state index contributed by atoms with van der Waals surface area (Å²) in [7, 11) is 0. The van der Waals surface area contributed by atoms with Crippen molar-refractivity contribution in [1.82, 2.24) is 5.32 Å². The maximum Gasteiger partial charge on any atom is 0.234 e. The number of nitrogens with two attached hydrogens (primary N) is 1. The number of carbonyl (C=O) groups is 1. The average Bonchev–Trinajstić information content (AvgIpc) is 2.59. The first-order valence-electron chi connectivity index (χ1n) is 8.55. The largest absolute Gasteiger partial charge is 0.489 e. The smallest absolute Gasteiger partial charge is 0.234 e. The molecule has 0 fully saturated rings. The molecule has 0 radical (unpaired) electrons. The molecule has 26 heavy (non-hydrogen) atoms. The quantitative estimate of drug-likeness (QED) is 0.550. The molecule has 0 spiro atoms. The molecule has 0 unspecified atom stereocenters. The lowest BCUT2D eigenvalue weighted by Crippen LogP contribution is -2.45. The minimum Gasteiger partial charge on any atom is -0.489 e.